The van der Waals surface area contributed by atoms with E-state index in [0.717, 1.165) is 0 Å². The molecule has 2 aromatic heterocycles. The van der Waals surface area contributed by atoms with Crippen LogP contribution < -0.4 is 10.6 Å². The van der Waals surface area contributed by atoms with E-state index in [1.807, 2.05) is 11.4 Å². The molecule has 19 heavy (non-hydrogen) atoms. The van der Waals surface area contributed by atoms with Crippen LogP contribution >= 0.6 is 11.3 Å². The van der Waals surface area contributed by atoms with Crippen molar-refractivity contribution in [2.24, 2.45) is 0 Å². The van der Waals surface area contributed by atoms with Gasteiger partial charge in [0, 0.05) is 25.5 Å². The molecule has 2 N–H and O–H groups in total. The van der Waals surface area contributed by atoms with E-state index in [4.69, 9.17) is 0 Å². The van der Waals surface area contributed by atoms with Crippen molar-refractivity contribution in [2.75, 3.05) is 13.1 Å². The molecule has 6 nitrogen and oxygen atoms in total. The molecule has 98 valence electrons. The topological polar surface area (TPSA) is 84.0 Å². The largest absolute Gasteiger partial charge is 0.350 e. The van der Waals surface area contributed by atoms with Crippen LogP contribution in [0.3, 0.4) is 0 Å². The Morgan fingerprint density at radius 1 is 1.16 bits per heavy atom. The monoisotopic (exact) mass is 276 g/mol. The van der Waals surface area contributed by atoms with Gasteiger partial charge < -0.3 is 10.6 Å². The number of nitrogens with one attached hydrogen (secondary N) is 2. The highest BCUT2D eigenvalue weighted by atomic mass is 32.1. The highest BCUT2D eigenvalue weighted by molar-refractivity contribution is 7.12. The van der Waals surface area contributed by atoms with Crippen LogP contribution in [0.2, 0.25) is 0 Å². The van der Waals surface area contributed by atoms with Gasteiger partial charge in [0.05, 0.1) is 11.1 Å². The van der Waals surface area contributed by atoms with E-state index in [0.29, 0.717) is 18.0 Å². The molecule has 0 atom stereocenters. The van der Waals surface area contributed by atoms with Crippen molar-refractivity contribution in [3.63, 3.8) is 0 Å². The molecule has 0 aliphatic carbocycles. The van der Waals surface area contributed by atoms with Crippen LogP contribution in [-0.4, -0.2) is 34.9 Å². The van der Waals surface area contributed by atoms with Crippen LogP contribution in [0.25, 0.3) is 0 Å². The number of hydrogen-bond acceptors (Lipinski definition) is 5. The number of aromatic nitrogens is 2. The lowest BCUT2D eigenvalue weighted by Crippen LogP contribution is -2.34. The minimum absolute atomic E-state index is 0.135. The molecule has 0 aliphatic rings. The normalized spacial score (nSPS) is 9.89. The standard InChI is InChI=1S/C12H12N4O2S/c17-11(9-8-13-3-4-14-9)15-5-6-16-12(18)10-2-1-7-19-10/h1-4,7-8H,5-6H2,(H,15,17)(H,16,18). The number of amides is 2. The van der Waals surface area contributed by atoms with E-state index in [2.05, 4.69) is 20.6 Å². The zero-order valence-electron chi connectivity index (χ0n) is 10.00. The Labute approximate surface area is 113 Å². The van der Waals surface area contributed by atoms with Crippen molar-refractivity contribution in [3.05, 3.63) is 46.7 Å². The number of carbonyl (C=O) groups is 2. The van der Waals surface area contributed by atoms with Crippen LogP contribution in [0.1, 0.15) is 20.2 Å². The maximum atomic E-state index is 11.6. The Morgan fingerprint density at radius 2 is 1.95 bits per heavy atom. The van der Waals surface area contributed by atoms with Gasteiger partial charge in [0.15, 0.2) is 0 Å². The number of nitrogens with zero attached hydrogens (tertiary/aromatic N) is 2. The Morgan fingerprint density at radius 3 is 2.58 bits per heavy atom. The Hall–Kier alpha value is -2.28. The molecule has 0 saturated heterocycles. The number of hydrogen-bond donors (Lipinski definition) is 2. The molecular weight excluding hydrogens is 264 g/mol. The first-order valence-corrected chi connectivity index (χ1v) is 6.51. The number of carbonyl (C=O) groups excluding carboxylic acids is 2. The maximum absolute atomic E-state index is 11.6. The zero-order valence-corrected chi connectivity index (χ0v) is 10.8. The van der Waals surface area contributed by atoms with Crippen molar-refractivity contribution in [2.45, 2.75) is 0 Å². The first kappa shape index (κ1) is 13.2. The first-order valence-electron chi connectivity index (χ1n) is 5.63. The van der Waals surface area contributed by atoms with Crippen LogP contribution in [-0.2, 0) is 0 Å². The Balaban J connectivity index is 1.70. The van der Waals surface area contributed by atoms with Gasteiger partial charge in [-0.15, -0.1) is 11.3 Å². The molecule has 0 radical (unpaired) electrons. The molecule has 2 rings (SSSR count). The average Bonchev–Trinajstić information content (AvgIpc) is 2.98. The lowest BCUT2D eigenvalue weighted by molar-refractivity contribution is 0.0926. The third-order valence-corrected chi connectivity index (χ3v) is 3.11. The van der Waals surface area contributed by atoms with Gasteiger partial charge in [0.1, 0.15) is 5.69 Å². The first-order chi connectivity index (χ1) is 9.27. The van der Waals surface area contributed by atoms with Gasteiger partial charge in [-0.3, -0.25) is 14.6 Å². The lowest BCUT2D eigenvalue weighted by atomic mass is 10.4. The summed E-state index contributed by atoms with van der Waals surface area (Å²) in [7, 11) is 0. The summed E-state index contributed by atoms with van der Waals surface area (Å²) in [5, 5.41) is 7.20. The fourth-order valence-corrected chi connectivity index (χ4v) is 1.99. The summed E-state index contributed by atoms with van der Waals surface area (Å²) in [6.45, 7) is 0.704. The summed E-state index contributed by atoms with van der Waals surface area (Å²) >= 11 is 1.37. The second kappa shape index (κ2) is 6.60. The molecule has 0 unspecified atom stereocenters. The SMILES string of the molecule is O=C(NCCNC(=O)c1cccs1)c1cnccn1. The van der Waals surface area contributed by atoms with Gasteiger partial charge in [-0.05, 0) is 11.4 Å². The third kappa shape index (κ3) is 3.85. The second-order valence-electron chi connectivity index (χ2n) is 3.58. The van der Waals surface area contributed by atoms with E-state index >= 15 is 0 Å². The average molecular weight is 276 g/mol. The van der Waals surface area contributed by atoms with Crippen LogP contribution in [0.5, 0.6) is 0 Å². The van der Waals surface area contributed by atoms with E-state index in [9.17, 15) is 9.59 Å². The molecule has 0 aromatic carbocycles. The minimum atomic E-state index is -0.307. The minimum Gasteiger partial charge on any atom is -0.350 e. The van der Waals surface area contributed by atoms with Crippen LogP contribution in [0.4, 0.5) is 0 Å². The molecule has 7 heteroatoms. The molecule has 0 fully saturated rings. The fraction of sp³-hybridized carbons (Fsp3) is 0.167. The lowest BCUT2D eigenvalue weighted by Gasteiger charge is -2.05. The molecule has 2 aromatic rings. The molecule has 0 saturated carbocycles. The van der Waals surface area contributed by atoms with E-state index in [1.165, 1.54) is 29.9 Å². The van der Waals surface area contributed by atoms with E-state index in [-0.39, 0.29) is 17.5 Å². The predicted molar refractivity (Wildman–Crippen MR) is 71.0 cm³/mol. The van der Waals surface area contributed by atoms with Crippen molar-refractivity contribution < 1.29 is 9.59 Å². The molecule has 2 heterocycles. The predicted octanol–water partition coefficient (Wildman–Crippen LogP) is 0.698. The van der Waals surface area contributed by atoms with Gasteiger partial charge in [0.2, 0.25) is 0 Å². The number of rotatable bonds is 5. The van der Waals surface area contributed by atoms with E-state index < -0.39 is 0 Å². The number of thiophene rings is 1. The summed E-state index contributed by atoms with van der Waals surface area (Å²) in [5.74, 6) is -0.442. The molecule has 2 amide bonds. The zero-order chi connectivity index (χ0) is 13.5. The summed E-state index contributed by atoms with van der Waals surface area (Å²) in [5.41, 5.74) is 0.257. The second-order valence-corrected chi connectivity index (χ2v) is 4.53. The molecule has 0 spiro atoms. The molecular formula is C12H12N4O2S. The fourth-order valence-electron chi connectivity index (χ4n) is 1.35. The van der Waals surface area contributed by atoms with Gasteiger partial charge in [-0.2, -0.15) is 0 Å². The summed E-state index contributed by atoms with van der Waals surface area (Å²) < 4.78 is 0. The van der Waals surface area contributed by atoms with Gasteiger partial charge >= 0.3 is 0 Å². The van der Waals surface area contributed by atoms with Gasteiger partial charge in [-0.25, -0.2) is 4.98 Å². The van der Waals surface area contributed by atoms with Crippen LogP contribution in [0, 0.1) is 0 Å². The van der Waals surface area contributed by atoms with Crippen molar-refractivity contribution in [3.8, 4) is 0 Å². The molecule has 0 aliphatic heterocycles. The maximum Gasteiger partial charge on any atom is 0.271 e. The smallest absolute Gasteiger partial charge is 0.271 e. The Kier molecular flexibility index (Phi) is 4.57. The molecule has 0 bridgehead atoms. The highest BCUT2D eigenvalue weighted by Gasteiger charge is 2.07. The third-order valence-electron chi connectivity index (χ3n) is 2.24. The highest BCUT2D eigenvalue weighted by Crippen LogP contribution is 2.07. The van der Waals surface area contributed by atoms with Crippen molar-refractivity contribution in [1.82, 2.24) is 20.6 Å². The Bertz CT molecular complexity index is 542. The summed E-state index contributed by atoms with van der Waals surface area (Å²) in [6.07, 6.45) is 4.34. The quantitative estimate of drug-likeness (QED) is 0.787. The summed E-state index contributed by atoms with van der Waals surface area (Å²) in [6, 6.07) is 3.56. The van der Waals surface area contributed by atoms with Crippen molar-refractivity contribution >= 4 is 23.2 Å². The van der Waals surface area contributed by atoms with Crippen molar-refractivity contribution in [1.29, 1.82) is 0 Å². The summed E-state index contributed by atoms with van der Waals surface area (Å²) in [4.78, 5) is 31.5. The van der Waals surface area contributed by atoms with Gasteiger partial charge in [0.25, 0.3) is 11.8 Å². The van der Waals surface area contributed by atoms with Crippen LogP contribution in [0.15, 0.2) is 36.1 Å². The van der Waals surface area contributed by atoms with E-state index in [1.54, 1.807) is 6.07 Å². The van der Waals surface area contributed by atoms with Gasteiger partial charge in [-0.1, -0.05) is 6.07 Å².